The second-order valence-corrected chi connectivity index (χ2v) is 12.3. The van der Waals surface area contributed by atoms with E-state index in [9.17, 15) is 19.5 Å². The minimum atomic E-state index is -0.650. The van der Waals surface area contributed by atoms with Crippen molar-refractivity contribution in [3.05, 3.63) is 55.6 Å². The number of benzene rings is 1. The fourth-order valence-electron chi connectivity index (χ4n) is 6.79. The van der Waals surface area contributed by atoms with Gasteiger partial charge >= 0.3 is 0 Å². The normalized spacial score (nSPS) is 28.2. The van der Waals surface area contributed by atoms with E-state index in [2.05, 4.69) is 20.1 Å². The first-order valence-electron chi connectivity index (χ1n) is 13.8. The highest BCUT2D eigenvalue weighted by molar-refractivity contribution is 8.02. The number of thioether (sulfide) groups is 1. The van der Waals surface area contributed by atoms with Gasteiger partial charge in [0.15, 0.2) is 0 Å². The number of amides is 3. The van der Waals surface area contributed by atoms with E-state index >= 15 is 0 Å². The molecule has 1 aromatic carbocycles. The van der Waals surface area contributed by atoms with Gasteiger partial charge in [0.2, 0.25) is 17.7 Å². The lowest BCUT2D eigenvalue weighted by molar-refractivity contribution is -0.144. The maximum Gasteiger partial charge on any atom is 0.247 e. The third-order valence-electron chi connectivity index (χ3n) is 8.37. The van der Waals surface area contributed by atoms with Gasteiger partial charge in [-0.05, 0) is 44.7 Å². The molecule has 0 aromatic heterocycles. The zero-order valence-corrected chi connectivity index (χ0v) is 23.4. The zero-order valence-electron chi connectivity index (χ0n) is 22.6. The average molecular weight is 540 g/mol. The summed E-state index contributed by atoms with van der Waals surface area (Å²) < 4.78 is -0.642. The number of aliphatic hydroxyl groups is 1. The number of nitrogens with zero attached hydrogens (tertiary/aromatic N) is 3. The molecule has 0 saturated carbocycles. The Morgan fingerprint density at radius 3 is 2.55 bits per heavy atom. The van der Waals surface area contributed by atoms with Crippen molar-refractivity contribution in [2.75, 3.05) is 31.1 Å². The van der Waals surface area contributed by atoms with Crippen LogP contribution in [0, 0.1) is 11.8 Å². The highest BCUT2D eigenvalue weighted by Crippen LogP contribution is 2.66. The number of rotatable bonds is 13. The minimum absolute atomic E-state index is 0.0105. The Kier molecular flexibility index (Phi) is 9.04. The first kappa shape index (κ1) is 28.4. The lowest BCUT2D eigenvalue weighted by atomic mass is 9.70. The highest BCUT2D eigenvalue weighted by Gasteiger charge is 2.74. The summed E-state index contributed by atoms with van der Waals surface area (Å²) in [5.41, 5.74) is 0.778. The maximum absolute atomic E-state index is 14.3. The Morgan fingerprint density at radius 1 is 1.21 bits per heavy atom. The van der Waals surface area contributed by atoms with Crippen molar-refractivity contribution >= 4 is 35.2 Å². The summed E-state index contributed by atoms with van der Waals surface area (Å²) in [6.07, 6.45) is 7.17. The van der Waals surface area contributed by atoms with E-state index in [0.717, 1.165) is 31.4 Å². The molecule has 206 valence electrons. The van der Waals surface area contributed by atoms with Crippen LogP contribution in [0.1, 0.15) is 46.0 Å². The van der Waals surface area contributed by atoms with Crippen LogP contribution in [0.2, 0.25) is 0 Å². The zero-order chi connectivity index (χ0) is 27.4. The number of carbonyl (C=O) groups excluding carboxylic acids is 3. The summed E-state index contributed by atoms with van der Waals surface area (Å²) in [4.78, 5) is 47.9. The molecule has 1 aromatic rings. The third-order valence-corrected chi connectivity index (χ3v) is 10.3. The topological polar surface area (TPSA) is 81.2 Å². The Balaban J connectivity index is 1.73. The van der Waals surface area contributed by atoms with E-state index in [1.165, 1.54) is 0 Å². The summed E-state index contributed by atoms with van der Waals surface area (Å²) in [6, 6.07) is 8.86. The number of carbonyl (C=O) groups is 3. The van der Waals surface area contributed by atoms with Gasteiger partial charge in [0, 0.05) is 43.2 Å². The molecule has 38 heavy (non-hydrogen) atoms. The number of para-hydroxylation sites is 1. The molecule has 0 radical (unpaired) electrons. The summed E-state index contributed by atoms with van der Waals surface area (Å²) in [5, 5.41) is 9.59. The first-order chi connectivity index (χ1) is 18.4. The fourth-order valence-corrected chi connectivity index (χ4v) is 9.00. The SMILES string of the molecule is C=CCN(C(=O)[C@@H]1[C@@H]2CCC3(S2)C(C(=O)N(CC=C)C(C)CCC)N(CCCO)C(=O)[C@H]13)c1ccccc1. The predicted molar refractivity (Wildman–Crippen MR) is 153 cm³/mol. The highest BCUT2D eigenvalue weighted by atomic mass is 32.2. The number of hydrogen-bond donors (Lipinski definition) is 1. The predicted octanol–water partition coefficient (Wildman–Crippen LogP) is 3.88. The van der Waals surface area contributed by atoms with E-state index in [1.54, 1.807) is 33.7 Å². The van der Waals surface area contributed by atoms with Crippen molar-refractivity contribution in [1.29, 1.82) is 0 Å². The smallest absolute Gasteiger partial charge is 0.247 e. The molecular formula is C30H41N3O4S. The second kappa shape index (κ2) is 12.1. The Hall–Kier alpha value is -2.58. The van der Waals surface area contributed by atoms with Crippen molar-refractivity contribution in [2.45, 2.75) is 68.0 Å². The summed E-state index contributed by atoms with van der Waals surface area (Å²) in [7, 11) is 0. The molecule has 3 amide bonds. The Labute approximate surface area is 230 Å². The lowest BCUT2D eigenvalue weighted by Gasteiger charge is -2.39. The molecule has 3 aliphatic heterocycles. The van der Waals surface area contributed by atoms with E-state index < -0.39 is 22.6 Å². The monoisotopic (exact) mass is 539 g/mol. The van der Waals surface area contributed by atoms with Gasteiger partial charge in [-0.15, -0.1) is 24.9 Å². The molecule has 8 heteroatoms. The molecule has 2 bridgehead atoms. The van der Waals surface area contributed by atoms with Gasteiger partial charge in [-0.2, -0.15) is 0 Å². The van der Waals surface area contributed by atoms with Crippen LogP contribution >= 0.6 is 11.8 Å². The lowest BCUT2D eigenvalue weighted by Crippen LogP contribution is -2.56. The second-order valence-electron chi connectivity index (χ2n) is 10.7. The van der Waals surface area contributed by atoms with Crippen molar-refractivity contribution in [3.8, 4) is 0 Å². The number of hydrogen-bond acceptors (Lipinski definition) is 5. The van der Waals surface area contributed by atoms with Gasteiger partial charge in [0.1, 0.15) is 6.04 Å². The standard InChI is InChI=1S/C30H41N3O4S/c1-5-12-21(4)31(17-6-2)29(37)26-30-16-15-23(38-30)24(25(30)28(36)33(26)19-11-20-34)27(35)32(18-7-3)22-13-9-8-10-14-22/h6-10,13-14,21,23-26,34H,2-3,5,11-12,15-20H2,1,4H3/t21?,23-,24+,25-,26?,30?/m0/s1. The van der Waals surface area contributed by atoms with Gasteiger partial charge in [-0.1, -0.05) is 43.7 Å². The molecule has 3 fully saturated rings. The largest absolute Gasteiger partial charge is 0.396 e. The average Bonchev–Trinajstić information content (AvgIpc) is 3.56. The molecule has 3 unspecified atom stereocenters. The van der Waals surface area contributed by atoms with Crippen molar-refractivity contribution < 1.29 is 19.5 Å². The van der Waals surface area contributed by atoms with Crippen LogP contribution in [-0.4, -0.2) is 80.9 Å². The fraction of sp³-hybridized carbons (Fsp3) is 0.567. The van der Waals surface area contributed by atoms with Crippen LogP contribution in [0.4, 0.5) is 5.69 Å². The first-order valence-corrected chi connectivity index (χ1v) is 14.7. The molecule has 3 saturated heterocycles. The number of likely N-dealkylation sites (tertiary alicyclic amines) is 1. The number of aliphatic hydroxyl groups excluding tert-OH is 1. The van der Waals surface area contributed by atoms with Gasteiger partial charge in [-0.3, -0.25) is 14.4 Å². The van der Waals surface area contributed by atoms with Gasteiger partial charge in [0.25, 0.3) is 0 Å². The summed E-state index contributed by atoms with van der Waals surface area (Å²) in [6.45, 7) is 12.9. The van der Waals surface area contributed by atoms with Crippen molar-refractivity contribution in [2.24, 2.45) is 11.8 Å². The molecule has 1 spiro atoms. The van der Waals surface area contributed by atoms with Gasteiger partial charge < -0.3 is 19.8 Å². The molecule has 7 nitrogen and oxygen atoms in total. The Bertz CT molecular complexity index is 1050. The van der Waals surface area contributed by atoms with Crippen molar-refractivity contribution in [3.63, 3.8) is 0 Å². The maximum atomic E-state index is 14.3. The summed E-state index contributed by atoms with van der Waals surface area (Å²) >= 11 is 1.68. The number of anilines is 1. The molecule has 1 N–H and O–H groups in total. The van der Waals surface area contributed by atoms with Crippen LogP contribution in [0.5, 0.6) is 0 Å². The molecule has 4 rings (SSSR count). The van der Waals surface area contributed by atoms with Crippen LogP contribution < -0.4 is 4.90 Å². The van der Waals surface area contributed by atoms with E-state index in [4.69, 9.17) is 0 Å². The van der Waals surface area contributed by atoms with Crippen LogP contribution in [0.15, 0.2) is 55.6 Å². The Morgan fingerprint density at radius 2 is 1.92 bits per heavy atom. The number of fused-ring (bicyclic) bond motifs is 1. The van der Waals surface area contributed by atoms with E-state index in [1.807, 2.05) is 42.2 Å². The molecule has 0 aliphatic carbocycles. The molecule has 3 heterocycles. The summed E-state index contributed by atoms with van der Waals surface area (Å²) in [5.74, 6) is -1.33. The molecular weight excluding hydrogens is 498 g/mol. The van der Waals surface area contributed by atoms with Gasteiger partial charge in [0.05, 0.1) is 16.6 Å². The minimum Gasteiger partial charge on any atom is -0.396 e. The molecule has 6 atom stereocenters. The van der Waals surface area contributed by atoms with Crippen LogP contribution in [0.3, 0.4) is 0 Å². The molecule has 3 aliphatic rings. The van der Waals surface area contributed by atoms with E-state index in [0.29, 0.717) is 26.1 Å². The van der Waals surface area contributed by atoms with E-state index in [-0.39, 0.29) is 35.6 Å². The van der Waals surface area contributed by atoms with Crippen LogP contribution in [0.25, 0.3) is 0 Å². The quantitative estimate of drug-likeness (QED) is 0.385. The third kappa shape index (κ3) is 4.81. The van der Waals surface area contributed by atoms with Crippen molar-refractivity contribution in [1.82, 2.24) is 9.80 Å². The van der Waals surface area contributed by atoms with Gasteiger partial charge in [-0.25, -0.2) is 0 Å². The van der Waals surface area contributed by atoms with Crippen LogP contribution in [-0.2, 0) is 14.4 Å².